The minimum Gasteiger partial charge on any atom is -0.493 e. The lowest BCUT2D eigenvalue weighted by Crippen LogP contribution is -2.46. The number of ketones is 1. The molecule has 1 aromatic rings. The van der Waals surface area contributed by atoms with Gasteiger partial charge in [-0.1, -0.05) is 0 Å². The van der Waals surface area contributed by atoms with Crippen LogP contribution in [-0.2, 0) is 9.53 Å². The number of carbonyl (C=O) groups excluding carboxylic acids is 2. The van der Waals surface area contributed by atoms with E-state index >= 15 is 0 Å². The topological polar surface area (TPSA) is 89.1 Å². The van der Waals surface area contributed by atoms with E-state index in [4.69, 9.17) is 14.2 Å². The van der Waals surface area contributed by atoms with Crippen molar-refractivity contribution in [2.24, 2.45) is 11.8 Å². The van der Waals surface area contributed by atoms with Crippen molar-refractivity contribution in [2.45, 2.75) is 25.8 Å². The van der Waals surface area contributed by atoms with Crippen molar-refractivity contribution < 1.29 is 23.8 Å². The molecule has 0 amide bonds. The molecule has 0 radical (unpaired) electrons. The van der Waals surface area contributed by atoms with Crippen LogP contribution in [0.5, 0.6) is 11.5 Å². The van der Waals surface area contributed by atoms with E-state index in [0.29, 0.717) is 36.8 Å². The molecular weight excluding hydrogens is 374 g/mol. The Morgan fingerprint density at radius 3 is 2.72 bits per heavy atom. The van der Waals surface area contributed by atoms with Gasteiger partial charge in [0, 0.05) is 37.0 Å². The highest BCUT2D eigenvalue weighted by Crippen LogP contribution is 2.30. The van der Waals surface area contributed by atoms with Gasteiger partial charge in [0.1, 0.15) is 6.04 Å². The van der Waals surface area contributed by atoms with Crippen LogP contribution in [0.15, 0.2) is 18.2 Å². The summed E-state index contributed by atoms with van der Waals surface area (Å²) in [5.74, 6) is 1.12. The number of hydrazine groups is 1. The van der Waals surface area contributed by atoms with Crippen molar-refractivity contribution >= 4 is 11.8 Å². The maximum Gasteiger partial charge on any atom is 0.324 e. The summed E-state index contributed by atoms with van der Waals surface area (Å²) >= 11 is 0. The van der Waals surface area contributed by atoms with Gasteiger partial charge in [-0.2, -0.15) is 0 Å². The average molecular weight is 405 g/mol. The summed E-state index contributed by atoms with van der Waals surface area (Å²) < 4.78 is 15.8. The van der Waals surface area contributed by atoms with E-state index in [0.717, 1.165) is 25.9 Å². The van der Waals surface area contributed by atoms with Gasteiger partial charge in [0.25, 0.3) is 0 Å². The molecule has 2 aliphatic heterocycles. The zero-order valence-corrected chi connectivity index (χ0v) is 17.4. The van der Waals surface area contributed by atoms with Gasteiger partial charge in [0.2, 0.25) is 0 Å². The maximum atomic E-state index is 13.1. The number of methoxy groups -OCH3 is 2. The highest BCUT2D eigenvalue weighted by Gasteiger charge is 2.36. The van der Waals surface area contributed by atoms with Crippen molar-refractivity contribution in [1.29, 1.82) is 0 Å². The Morgan fingerprint density at radius 2 is 2.00 bits per heavy atom. The van der Waals surface area contributed by atoms with Crippen molar-refractivity contribution in [2.75, 3.05) is 47.0 Å². The van der Waals surface area contributed by atoms with E-state index in [2.05, 4.69) is 15.8 Å². The second-order valence-corrected chi connectivity index (χ2v) is 7.55. The number of hydrogen-bond donors (Lipinski definition) is 2. The van der Waals surface area contributed by atoms with E-state index in [1.807, 2.05) is 6.92 Å². The Kier molecular flexibility index (Phi) is 7.46. The molecule has 160 valence electrons. The van der Waals surface area contributed by atoms with Gasteiger partial charge in [0.15, 0.2) is 17.3 Å². The fourth-order valence-corrected chi connectivity index (χ4v) is 4.18. The Labute approximate surface area is 171 Å². The number of nitrogens with zero attached hydrogens (tertiary/aromatic N) is 1. The maximum absolute atomic E-state index is 13.1. The molecule has 3 atom stereocenters. The predicted octanol–water partition coefficient (Wildman–Crippen LogP) is 1.25. The quantitative estimate of drug-likeness (QED) is 0.494. The molecule has 3 rings (SSSR count). The Morgan fingerprint density at radius 1 is 1.21 bits per heavy atom. The number of piperidine rings is 1. The number of Topliss-reactive ketones (excluding diaryl/α,β-unsaturated/α-hetero) is 1. The first-order chi connectivity index (χ1) is 14.1. The molecule has 2 aliphatic rings. The second-order valence-electron chi connectivity index (χ2n) is 7.55. The largest absolute Gasteiger partial charge is 0.493 e. The summed E-state index contributed by atoms with van der Waals surface area (Å²) in [5.41, 5.74) is 6.73. The number of rotatable bonds is 8. The highest BCUT2D eigenvalue weighted by atomic mass is 16.5. The van der Waals surface area contributed by atoms with Gasteiger partial charge in [-0.3, -0.25) is 15.0 Å². The van der Waals surface area contributed by atoms with Crippen LogP contribution in [-0.4, -0.2) is 69.7 Å². The summed E-state index contributed by atoms with van der Waals surface area (Å²) in [6, 6.07) is 4.97. The van der Waals surface area contributed by atoms with Gasteiger partial charge in [-0.25, -0.2) is 5.43 Å². The first-order valence-electron chi connectivity index (χ1n) is 10.2. The van der Waals surface area contributed by atoms with Crippen molar-refractivity contribution in [3.63, 3.8) is 0 Å². The molecule has 0 bridgehead atoms. The zero-order chi connectivity index (χ0) is 20.8. The normalized spacial score (nSPS) is 24.9. The van der Waals surface area contributed by atoms with E-state index in [1.54, 1.807) is 32.4 Å². The van der Waals surface area contributed by atoms with Gasteiger partial charge in [-0.15, -0.1) is 0 Å². The van der Waals surface area contributed by atoms with Gasteiger partial charge in [-0.05, 0) is 44.5 Å². The monoisotopic (exact) mass is 405 g/mol. The number of carbonyl (C=O) groups is 2. The zero-order valence-electron chi connectivity index (χ0n) is 17.4. The summed E-state index contributed by atoms with van der Waals surface area (Å²) in [5, 5.41) is 0. The molecule has 2 fully saturated rings. The number of hydrogen-bond acceptors (Lipinski definition) is 8. The van der Waals surface area contributed by atoms with Gasteiger partial charge < -0.3 is 19.1 Å². The lowest BCUT2D eigenvalue weighted by molar-refractivity contribution is -0.146. The second kappa shape index (κ2) is 10.0. The van der Waals surface area contributed by atoms with Crippen molar-refractivity contribution in [1.82, 2.24) is 15.8 Å². The SMILES string of the molecule is CCOC(=O)C1NNCC1CN1CCCC(C(=O)c2ccc(OC)c(OC)c2)C1. The number of benzene rings is 1. The molecule has 2 heterocycles. The molecule has 3 unspecified atom stereocenters. The Bertz CT molecular complexity index is 726. The lowest BCUT2D eigenvalue weighted by Gasteiger charge is -2.34. The first-order valence-corrected chi connectivity index (χ1v) is 10.2. The van der Waals surface area contributed by atoms with Crippen molar-refractivity contribution in [3.8, 4) is 11.5 Å². The molecule has 0 aliphatic carbocycles. The predicted molar refractivity (Wildman–Crippen MR) is 108 cm³/mol. The van der Waals surface area contributed by atoms with E-state index in [9.17, 15) is 9.59 Å². The summed E-state index contributed by atoms with van der Waals surface area (Å²) in [6.45, 7) is 5.26. The van der Waals surface area contributed by atoms with Crippen LogP contribution in [0.1, 0.15) is 30.1 Å². The van der Waals surface area contributed by atoms with Crippen LogP contribution in [0.3, 0.4) is 0 Å². The number of esters is 1. The third-order valence-corrected chi connectivity index (χ3v) is 5.67. The number of nitrogens with one attached hydrogen (secondary N) is 2. The smallest absolute Gasteiger partial charge is 0.324 e. The molecule has 8 nitrogen and oxygen atoms in total. The molecule has 1 aromatic carbocycles. The standard InChI is InChI=1S/C21H31N3O5/c1-4-29-21(26)19-16(11-22-23-19)13-24-9-5-6-15(12-24)20(25)14-7-8-17(27-2)18(10-14)28-3/h7-8,10,15-16,19,22-23H,4-6,9,11-13H2,1-3H3. The molecule has 0 aromatic heterocycles. The van der Waals surface area contributed by atoms with Crippen LogP contribution in [0.4, 0.5) is 0 Å². The minimum absolute atomic E-state index is 0.0646. The number of likely N-dealkylation sites (tertiary alicyclic amines) is 1. The summed E-state index contributed by atoms with van der Waals surface area (Å²) in [7, 11) is 3.15. The van der Waals surface area contributed by atoms with E-state index in [1.165, 1.54) is 0 Å². The molecule has 29 heavy (non-hydrogen) atoms. The molecule has 2 N–H and O–H groups in total. The van der Waals surface area contributed by atoms with Crippen LogP contribution in [0.2, 0.25) is 0 Å². The third-order valence-electron chi connectivity index (χ3n) is 5.67. The summed E-state index contributed by atoms with van der Waals surface area (Å²) in [4.78, 5) is 27.5. The molecule has 0 spiro atoms. The summed E-state index contributed by atoms with van der Waals surface area (Å²) in [6.07, 6.45) is 1.83. The van der Waals surface area contributed by atoms with Crippen LogP contribution in [0.25, 0.3) is 0 Å². The van der Waals surface area contributed by atoms with Crippen molar-refractivity contribution in [3.05, 3.63) is 23.8 Å². The van der Waals surface area contributed by atoms with Crippen LogP contribution >= 0.6 is 0 Å². The molecule has 0 saturated carbocycles. The Balaban J connectivity index is 1.63. The molecule has 8 heteroatoms. The average Bonchev–Trinajstić information content (AvgIpc) is 3.21. The number of ether oxygens (including phenoxy) is 3. The van der Waals surface area contributed by atoms with Gasteiger partial charge >= 0.3 is 5.97 Å². The molecule has 2 saturated heterocycles. The fourth-order valence-electron chi connectivity index (χ4n) is 4.18. The minimum atomic E-state index is -0.350. The van der Waals surface area contributed by atoms with E-state index < -0.39 is 0 Å². The first kappa shape index (κ1) is 21.5. The molecular formula is C21H31N3O5. The van der Waals surface area contributed by atoms with Crippen LogP contribution < -0.4 is 20.3 Å². The highest BCUT2D eigenvalue weighted by molar-refractivity contribution is 5.98. The van der Waals surface area contributed by atoms with Gasteiger partial charge in [0.05, 0.1) is 20.8 Å². The fraction of sp³-hybridized carbons (Fsp3) is 0.619. The lowest BCUT2D eigenvalue weighted by atomic mass is 9.89. The van der Waals surface area contributed by atoms with E-state index in [-0.39, 0.29) is 29.6 Å². The third kappa shape index (κ3) is 5.07. The Hall–Kier alpha value is -2.16. The van der Waals surface area contributed by atoms with Crippen LogP contribution in [0, 0.1) is 11.8 Å².